The van der Waals surface area contributed by atoms with Crippen LogP contribution in [0, 0.1) is 11.7 Å². The number of hydrogen-bond donors (Lipinski definition) is 2. The first kappa shape index (κ1) is 17.1. The number of carbonyl (C=O) groups excluding carboxylic acids is 1. The molecule has 0 saturated carbocycles. The molecular formula is C17H23FN4O. The van der Waals surface area contributed by atoms with E-state index < -0.39 is 5.82 Å². The number of nitrogens with one attached hydrogen (secondary N) is 1. The van der Waals surface area contributed by atoms with Gasteiger partial charge in [0.25, 0.3) is 5.91 Å². The van der Waals surface area contributed by atoms with Crippen molar-refractivity contribution >= 4 is 5.91 Å². The number of carbonyl (C=O) groups is 1. The first-order valence-corrected chi connectivity index (χ1v) is 7.71. The number of hydrogen-bond acceptors (Lipinski definition) is 3. The van der Waals surface area contributed by atoms with E-state index in [2.05, 4.69) is 24.0 Å². The quantitative estimate of drug-likeness (QED) is 0.860. The maximum absolute atomic E-state index is 14.0. The molecule has 1 amide bonds. The van der Waals surface area contributed by atoms with Crippen molar-refractivity contribution < 1.29 is 9.18 Å². The van der Waals surface area contributed by atoms with Crippen LogP contribution in [0.5, 0.6) is 0 Å². The van der Waals surface area contributed by atoms with Crippen LogP contribution in [0.3, 0.4) is 0 Å². The average molecular weight is 318 g/mol. The second kappa shape index (κ2) is 7.37. The Balaban J connectivity index is 2.15. The molecule has 5 nitrogen and oxygen atoms in total. The molecule has 3 N–H and O–H groups in total. The van der Waals surface area contributed by atoms with Crippen LogP contribution in [0.25, 0.3) is 11.3 Å². The van der Waals surface area contributed by atoms with E-state index in [0.29, 0.717) is 35.7 Å². The summed E-state index contributed by atoms with van der Waals surface area (Å²) >= 11 is 0. The summed E-state index contributed by atoms with van der Waals surface area (Å²) in [5.41, 5.74) is 7.11. The van der Waals surface area contributed by atoms with Gasteiger partial charge in [0.05, 0.1) is 17.5 Å². The van der Waals surface area contributed by atoms with Crippen molar-refractivity contribution in [3.8, 4) is 11.3 Å². The molecule has 0 aliphatic heterocycles. The molecule has 2 aromatic rings. The molecule has 0 spiro atoms. The molecule has 0 aliphatic carbocycles. The minimum atomic E-state index is -0.393. The maximum atomic E-state index is 14.0. The third kappa shape index (κ3) is 3.96. The van der Waals surface area contributed by atoms with E-state index in [1.807, 2.05) is 0 Å². The molecule has 23 heavy (non-hydrogen) atoms. The van der Waals surface area contributed by atoms with Gasteiger partial charge in [-0.3, -0.25) is 9.89 Å². The fraction of sp³-hybridized carbons (Fsp3) is 0.412. The monoisotopic (exact) mass is 318 g/mol. The number of H-pyrrole nitrogens is 1. The van der Waals surface area contributed by atoms with Crippen LogP contribution in [0.2, 0.25) is 0 Å². The summed E-state index contributed by atoms with van der Waals surface area (Å²) in [6.07, 6.45) is 2.15. The first-order chi connectivity index (χ1) is 10.9. The third-order valence-corrected chi connectivity index (χ3v) is 4.01. The van der Waals surface area contributed by atoms with Crippen molar-refractivity contribution in [3.05, 3.63) is 41.8 Å². The molecule has 6 heteroatoms. The Kier molecular flexibility index (Phi) is 5.50. The third-order valence-electron chi connectivity index (χ3n) is 4.01. The van der Waals surface area contributed by atoms with Gasteiger partial charge in [-0.1, -0.05) is 26.0 Å². The molecule has 0 aliphatic rings. The Labute approximate surface area is 135 Å². The summed E-state index contributed by atoms with van der Waals surface area (Å²) in [6.45, 7) is 4.65. The smallest absolute Gasteiger partial charge is 0.257 e. The van der Waals surface area contributed by atoms with Crippen molar-refractivity contribution in [1.82, 2.24) is 15.1 Å². The molecular weight excluding hydrogens is 295 g/mol. The Morgan fingerprint density at radius 3 is 2.74 bits per heavy atom. The molecule has 2 rings (SSSR count). The van der Waals surface area contributed by atoms with Crippen molar-refractivity contribution in [2.75, 3.05) is 13.6 Å². The van der Waals surface area contributed by atoms with E-state index >= 15 is 0 Å². The number of rotatable bonds is 6. The first-order valence-electron chi connectivity index (χ1n) is 7.71. The zero-order valence-corrected chi connectivity index (χ0v) is 13.7. The van der Waals surface area contributed by atoms with E-state index in [0.717, 1.165) is 0 Å². The summed E-state index contributed by atoms with van der Waals surface area (Å²) in [6, 6.07) is 6.35. The molecule has 1 aromatic heterocycles. The lowest BCUT2D eigenvalue weighted by atomic mass is 10.0. The van der Waals surface area contributed by atoms with Crippen molar-refractivity contribution in [3.63, 3.8) is 0 Å². The predicted octanol–water partition coefficient (Wildman–Crippen LogP) is 2.66. The molecule has 0 radical (unpaired) electrons. The summed E-state index contributed by atoms with van der Waals surface area (Å²) < 4.78 is 14.0. The lowest BCUT2D eigenvalue weighted by molar-refractivity contribution is 0.0790. The van der Waals surface area contributed by atoms with Gasteiger partial charge in [-0.25, -0.2) is 4.39 Å². The van der Waals surface area contributed by atoms with Gasteiger partial charge in [0, 0.05) is 25.2 Å². The van der Waals surface area contributed by atoms with Gasteiger partial charge in [-0.15, -0.1) is 0 Å². The SMILES string of the molecule is CC(C)C(N)CCN(C)C(=O)c1cn[nH]c1-c1ccccc1F. The van der Waals surface area contributed by atoms with Crippen LogP contribution in [-0.4, -0.2) is 40.6 Å². The summed E-state index contributed by atoms with van der Waals surface area (Å²) in [4.78, 5) is 14.2. The summed E-state index contributed by atoms with van der Waals surface area (Å²) in [5, 5.41) is 6.62. The highest BCUT2D eigenvalue weighted by atomic mass is 19.1. The Morgan fingerprint density at radius 1 is 1.39 bits per heavy atom. The number of nitrogens with zero attached hydrogens (tertiary/aromatic N) is 2. The molecule has 1 aromatic carbocycles. The highest BCUT2D eigenvalue weighted by Crippen LogP contribution is 2.24. The normalized spacial score (nSPS) is 12.4. The maximum Gasteiger partial charge on any atom is 0.257 e. The van der Waals surface area contributed by atoms with Gasteiger partial charge < -0.3 is 10.6 Å². The number of aromatic nitrogens is 2. The van der Waals surface area contributed by atoms with Crippen LogP contribution >= 0.6 is 0 Å². The van der Waals surface area contributed by atoms with Gasteiger partial charge in [-0.2, -0.15) is 5.10 Å². The number of aromatic amines is 1. The van der Waals surface area contributed by atoms with E-state index in [1.165, 1.54) is 12.3 Å². The topological polar surface area (TPSA) is 75.0 Å². The minimum absolute atomic E-state index is 0.0423. The van der Waals surface area contributed by atoms with Crippen molar-refractivity contribution in [1.29, 1.82) is 0 Å². The van der Waals surface area contributed by atoms with Crippen LogP contribution in [-0.2, 0) is 0 Å². The van der Waals surface area contributed by atoms with E-state index in [1.54, 1.807) is 30.1 Å². The van der Waals surface area contributed by atoms with Crippen LogP contribution in [0.1, 0.15) is 30.6 Å². The fourth-order valence-electron chi connectivity index (χ4n) is 2.30. The summed E-state index contributed by atoms with van der Waals surface area (Å²) in [7, 11) is 1.72. The van der Waals surface area contributed by atoms with Gasteiger partial charge >= 0.3 is 0 Å². The minimum Gasteiger partial charge on any atom is -0.342 e. The number of benzene rings is 1. The van der Waals surface area contributed by atoms with Gasteiger partial charge in [-0.05, 0) is 24.5 Å². The Hall–Kier alpha value is -2.21. The van der Waals surface area contributed by atoms with Crippen molar-refractivity contribution in [2.45, 2.75) is 26.3 Å². The van der Waals surface area contributed by atoms with Crippen LogP contribution in [0.15, 0.2) is 30.5 Å². The van der Waals surface area contributed by atoms with Crippen molar-refractivity contribution in [2.24, 2.45) is 11.7 Å². The lowest BCUT2D eigenvalue weighted by Gasteiger charge is -2.21. The molecule has 124 valence electrons. The summed E-state index contributed by atoms with van der Waals surface area (Å²) in [5.74, 6) is -0.232. The van der Waals surface area contributed by atoms with E-state index in [9.17, 15) is 9.18 Å². The zero-order chi connectivity index (χ0) is 17.0. The molecule has 0 bridgehead atoms. The van der Waals surface area contributed by atoms with Gasteiger partial charge in [0.2, 0.25) is 0 Å². The second-order valence-corrected chi connectivity index (χ2v) is 6.06. The molecule has 1 unspecified atom stereocenters. The molecule has 0 fully saturated rings. The molecule has 1 heterocycles. The number of nitrogens with two attached hydrogens (primary N) is 1. The largest absolute Gasteiger partial charge is 0.342 e. The highest BCUT2D eigenvalue weighted by molar-refractivity contribution is 5.99. The highest BCUT2D eigenvalue weighted by Gasteiger charge is 2.21. The van der Waals surface area contributed by atoms with Gasteiger partial charge in [0.15, 0.2) is 0 Å². The van der Waals surface area contributed by atoms with E-state index in [-0.39, 0.29) is 11.9 Å². The fourth-order valence-corrected chi connectivity index (χ4v) is 2.30. The van der Waals surface area contributed by atoms with E-state index in [4.69, 9.17) is 5.73 Å². The second-order valence-electron chi connectivity index (χ2n) is 6.06. The standard InChI is InChI=1S/C17H23FN4O/c1-11(2)15(19)8-9-22(3)17(23)13-10-20-21-16(13)12-6-4-5-7-14(12)18/h4-7,10-11,15H,8-9,19H2,1-3H3,(H,20,21). The predicted molar refractivity (Wildman–Crippen MR) is 88.4 cm³/mol. The van der Waals surface area contributed by atoms with Gasteiger partial charge in [0.1, 0.15) is 5.82 Å². The Bertz CT molecular complexity index is 668. The van der Waals surface area contributed by atoms with Crippen LogP contribution < -0.4 is 5.73 Å². The average Bonchev–Trinajstić information content (AvgIpc) is 3.01. The molecule has 1 atom stereocenters. The lowest BCUT2D eigenvalue weighted by Crippen LogP contribution is -2.34. The Morgan fingerprint density at radius 2 is 2.09 bits per heavy atom. The number of amides is 1. The zero-order valence-electron chi connectivity index (χ0n) is 13.7. The molecule has 0 saturated heterocycles. The van der Waals surface area contributed by atoms with Crippen LogP contribution in [0.4, 0.5) is 4.39 Å². The number of halogens is 1.